The second-order valence-electron chi connectivity index (χ2n) is 7.05. The number of aromatic nitrogens is 3. The summed E-state index contributed by atoms with van der Waals surface area (Å²) < 4.78 is 8.08. The van der Waals surface area contributed by atoms with E-state index in [0.717, 1.165) is 16.9 Å². The van der Waals surface area contributed by atoms with Crippen LogP contribution in [0.1, 0.15) is 5.56 Å². The summed E-state index contributed by atoms with van der Waals surface area (Å²) in [5.41, 5.74) is 2.75. The first-order valence-corrected chi connectivity index (χ1v) is 10.2. The van der Waals surface area contributed by atoms with Crippen LogP contribution < -0.4 is 15.6 Å². The summed E-state index contributed by atoms with van der Waals surface area (Å²) >= 11 is 5.88. The second-order valence-corrected chi connectivity index (χ2v) is 7.48. The van der Waals surface area contributed by atoms with Gasteiger partial charge in [0, 0.05) is 29.5 Å². The number of methoxy groups -OCH3 is 1. The highest BCUT2D eigenvalue weighted by Gasteiger charge is 2.11. The van der Waals surface area contributed by atoms with Crippen LogP contribution in [0.2, 0.25) is 5.02 Å². The Labute approximate surface area is 183 Å². The molecule has 0 fully saturated rings. The number of amides is 1. The molecular weight excluding hydrogens is 416 g/mol. The van der Waals surface area contributed by atoms with Gasteiger partial charge in [-0.2, -0.15) is 5.10 Å². The fraction of sp³-hybridized carbons (Fsp3) is 0.174. The number of fused-ring (bicyclic) bond motifs is 1. The van der Waals surface area contributed by atoms with Gasteiger partial charge in [-0.3, -0.25) is 9.59 Å². The van der Waals surface area contributed by atoms with Crippen molar-refractivity contribution in [3.05, 3.63) is 87.9 Å². The molecule has 7 nitrogen and oxygen atoms in total. The normalized spacial score (nSPS) is 10.9. The number of benzene rings is 2. The fourth-order valence-corrected chi connectivity index (χ4v) is 3.39. The summed E-state index contributed by atoms with van der Waals surface area (Å²) in [4.78, 5) is 25.1. The Bertz CT molecular complexity index is 1260. The minimum absolute atomic E-state index is 0.0565. The number of hydrogen-bond acceptors (Lipinski definition) is 4. The molecule has 2 heterocycles. The standard InChI is InChI=1S/C23H21ClN4O3/c1-31-19-8-4-17(5-9-19)20-14-21-23(30)27(12-13-28(21)26-20)15-22(29)25-11-10-16-2-6-18(24)7-3-16/h2-9,12-14H,10-11,15H2,1H3,(H,25,29). The van der Waals surface area contributed by atoms with Crippen LogP contribution in [0.3, 0.4) is 0 Å². The molecule has 0 radical (unpaired) electrons. The van der Waals surface area contributed by atoms with Crippen molar-refractivity contribution < 1.29 is 9.53 Å². The number of halogens is 1. The first kappa shape index (κ1) is 20.7. The maximum Gasteiger partial charge on any atom is 0.277 e. The molecule has 0 atom stereocenters. The van der Waals surface area contributed by atoms with E-state index >= 15 is 0 Å². The van der Waals surface area contributed by atoms with E-state index in [4.69, 9.17) is 16.3 Å². The van der Waals surface area contributed by atoms with Gasteiger partial charge in [-0.05, 0) is 54.4 Å². The molecule has 0 unspecified atom stereocenters. The molecule has 0 aliphatic heterocycles. The Morgan fingerprint density at radius 1 is 1.10 bits per heavy atom. The molecule has 0 aliphatic carbocycles. The van der Waals surface area contributed by atoms with E-state index in [1.807, 2.05) is 48.5 Å². The number of nitrogens with one attached hydrogen (secondary N) is 1. The maximum atomic E-state index is 12.8. The van der Waals surface area contributed by atoms with Crippen molar-refractivity contribution in [3.8, 4) is 17.0 Å². The predicted octanol–water partition coefficient (Wildman–Crippen LogP) is 3.18. The Hall–Kier alpha value is -3.58. The van der Waals surface area contributed by atoms with Crippen molar-refractivity contribution in [2.45, 2.75) is 13.0 Å². The topological polar surface area (TPSA) is 77.6 Å². The highest BCUT2D eigenvalue weighted by molar-refractivity contribution is 6.30. The summed E-state index contributed by atoms with van der Waals surface area (Å²) in [6, 6.07) is 16.6. The zero-order chi connectivity index (χ0) is 21.8. The third-order valence-corrected chi connectivity index (χ3v) is 5.20. The fourth-order valence-electron chi connectivity index (χ4n) is 3.26. The van der Waals surface area contributed by atoms with Gasteiger partial charge >= 0.3 is 0 Å². The Morgan fingerprint density at radius 2 is 1.84 bits per heavy atom. The molecule has 2 aromatic carbocycles. The number of ether oxygens (including phenoxy) is 1. The lowest BCUT2D eigenvalue weighted by molar-refractivity contribution is -0.121. The Morgan fingerprint density at radius 3 is 2.55 bits per heavy atom. The van der Waals surface area contributed by atoms with E-state index in [9.17, 15) is 9.59 Å². The molecule has 0 aliphatic rings. The molecule has 1 amide bonds. The summed E-state index contributed by atoms with van der Waals surface area (Å²) in [6.45, 7) is 0.421. The molecule has 2 aromatic heterocycles. The van der Waals surface area contributed by atoms with Crippen molar-refractivity contribution in [3.63, 3.8) is 0 Å². The van der Waals surface area contributed by atoms with Crippen molar-refractivity contribution in [1.82, 2.24) is 19.5 Å². The molecule has 0 spiro atoms. The molecule has 1 N–H and O–H groups in total. The SMILES string of the molecule is COc1ccc(-c2cc3c(=O)n(CC(=O)NCCc4ccc(Cl)cc4)ccn3n2)cc1. The van der Waals surface area contributed by atoms with Crippen LogP contribution >= 0.6 is 11.6 Å². The third-order valence-electron chi connectivity index (χ3n) is 4.95. The molecule has 158 valence electrons. The minimum Gasteiger partial charge on any atom is -0.497 e. The molecule has 31 heavy (non-hydrogen) atoms. The quantitative estimate of drug-likeness (QED) is 0.482. The molecule has 0 saturated carbocycles. The summed E-state index contributed by atoms with van der Waals surface area (Å²) in [6.07, 6.45) is 3.92. The van der Waals surface area contributed by atoms with Crippen LogP contribution in [0.15, 0.2) is 71.8 Å². The monoisotopic (exact) mass is 436 g/mol. The van der Waals surface area contributed by atoms with Gasteiger partial charge < -0.3 is 14.6 Å². The number of hydrogen-bond donors (Lipinski definition) is 1. The van der Waals surface area contributed by atoms with Gasteiger partial charge in [-0.25, -0.2) is 4.52 Å². The zero-order valence-electron chi connectivity index (χ0n) is 16.9. The zero-order valence-corrected chi connectivity index (χ0v) is 17.7. The van der Waals surface area contributed by atoms with Crippen LogP contribution in [0.25, 0.3) is 16.8 Å². The van der Waals surface area contributed by atoms with E-state index in [1.54, 1.807) is 25.6 Å². The number of nitrogens with zero attached hydrogens (tertiary/aromatic N) is 3. The Balaban J connectivity index is 1.44. The van der Waals surface area contributed by atoms with E-state index in [-0.39, 0.29) is 18.0 Å². The second kappa shape index (κ2) is 9.06. The summed E-state index contributed by atoms with van der Waals surface area (Å²) in [5, 5.41) is 7.99. The lowest BCUT2D eigenvalue weighted by atomic mass is 10.1. The summed E-state index contributed by atoms with van der Waals surface area (Å²) in [5.74, 6) is 0.521. The van der Waals surface area contributed by atoms with Crippen molar-refractivity contribution in [2.75, 3.05) is 13.7 Å². The molecule has 0 saturated heterocycles. The highest BCUT2D eigenvalue weighted by atomic mass is 35.5. The van der Waals surface area contributed by atoms with E-state index in [1.165, 1.54) is 9.08 Å². The van der Waals surface area contributed by atoms with Crippen LogP contribution in [0.5, 0.6) is 5.75 Å². The lowest BCUT2D eigenvalue weighted by Crippen LogP contribution is -2.33. The molecule has 8 heteroatoms. The van der Waals surface area contributed by atoms with Gasteiger partial charge in [0.1, 0.15) is 17.8 Å². The van der Waals surface area contributed by atoms with Gasteiger partial charge in [0.05, 0.1) is 12.8 Å². The van der Waals surface area contributed by atoms with Gasteiger partial charge in [0.2, 0.25) is 5.91 Å². The lowest BCUT2D eigenvalue weighted by Gasteiger charge is -2.08. The first-order valence-electron chi connectivity index (χ1n) is 9.78. The van der Waals surface area contributed by atoms with Gasteiger partial charge in [0.15, 0.2) is 0 Å². The number of rotatable bonds is 7. The average molecular weight is 437 g/mol. The first-order chi connectivity index (χ1) is 15.0. The number of carbonyl (C=O) groups is 1. The van der Waals surface area contributed by atoms with Crippen molar-refractivity contribution in [2.24, 2.45) is 0 Å². The van der Waals surface area contributed by atoms with Gasteiger partial charge in [-0.1, -0.05) is 23.7 Å². The van der Waals surface area contributed by atoms with Crippen LogP contribution in [0.4, 0.5) is 0 Å². The average Bonchev–Trinajstić information content (AvgIpc) is 3.22. The van der Waals surface area contributed by atoms with Gasteiger partial charge in [-0.15, -0.1) is 0 Å². The van der Waals surface area contributed by atoms with E-state index in [2.05, 4.69) is 10.4 Å². The molecule has 4 aromatic rings. The number of carbonyl (C=O) groups excluding carboxylic acids is 1. The van der Waals surface area contributed by atoms with Crippen LogP contribution in [0, 0.1) is 0 Å². The summed E-state index contributed by atoms with van der Waals surface area (Å²) in [7, 11) is 1.61. The smallest absolute Gasteiger partial charge is 0.277 e. The van der Waals surface area contributed by atoms with E-state index in [0.29, 0.717) is 29.2 Å². The minimum atomic E-state index is -0.275. The van der Waals surface area contributed by atoms with Crippen molar-refractivity contribution >= 4 is 23.0 Å². The third kappa shape index (κ3) is 4.78. The predicted molar refractivity (Wildman–Crippen MR) is 120 cm³/mol. The molecular formula is C23H21ClN4O3. The molecule has 4 rings (SSSR count). The highest BCUT2D eigenvalue weighted by Crippen LogP contribution is 2.21. The Kier molecular flexibility index (Phi) is 6.04. The van der Waals surface area contributed by atoms with E-state index < -0.39 is 0 Å². The molecule has 0 bridgehead atoms. The maximum absolute atomic E-state index is 12.8. The largest absolute Gasteiger partial charge is 0.497 e. The van der Waals surface area contributed by atoms with Crippen LogP contribution in [-0.2, 0) is 17.8 Å². The van der Waals surface area contributed by atoms with Gasteiger partial charge in [0.25, 0.3) is 5.56 Å². The van der Waals surface area contributed by atoms with Crippen LogP contribution in [-0.4, -0.2) is 33.7 Å². The van der Waals surface area contributed by atoms with Crippen molar-refractivity contribution in [1.29, 1.82) is 0 Å².